The molecule has 0 aliphatic heterocycles. The molecule has 2 aromatic carbocycles. The smallest absolute Gasteiger partial charge is 0.339 e. The van der Waals surface area contributed by atoms with E-state index in [1.807, 2.05) is 42.5 Å². The lowest BCUT2D eigenvalue weighted by Gasteiger charge is -2.17. The highest BCUT2D eigenvalue weighted by atomic mass is 35.5. The van der Waals surface area contributed by atoms with Gasteiger partial charge < -0.3 is 9.64 Å². The highest BCUT2D eigenvalue weighted by Crippen LogP contribution is 2.31. The van der Waals surface area contributed by atoms with Crippen LogP contribution in [-0.4, -0.2) is 37.1 Å². The first-order chi connectivity index (χ1) is 11.6. The fraction of sp³-hybridized carbons (Fsp3) is 0.316. The number of hydrogen-bond donors (Lipinski definition) is 0. The van der Waals surface area contributed by atoms with E-state index in [0.717, 1.165) is 29.4 Å². The molecule has 0 saturated carbocycles. The SMILES string of the molecule is CCN(CC)CCOC(=O)c1ccccc1Sc1ccc(Cl)cc1. The molecule has 0 radical (unpaired) electrons. The van der Waals surface area contributed by atoms with Gasteiger partial charge in [0, 0.05) is 21.4 Å². The Morgan fingerprint density at radius 2 is 1.75 bits per heavy atom. The lowest BCUT2D eigenvalue weighted by atomic mass is 10.2. The molecule has 2 rings (SSSR count). The molecule has 24 heavy (non-hydrogen) atoms. The fourth-order valence-electron chi connectivity index (χ4n) is 2.24. The molecule has 0 heterocycles. The average molecular weight is 364 g/mol. The maximum absolute atomic E-state index is 12.4. The van der Waals surface area contributed by atoms with Gasteiger partial charge in [-0.1, -0.05) is 49.3 Å². The van der Waals surface area contributed by atoms with Crippen molar-refractivity contribution in [3.05, 3.63) is 59.1 Å². The third-order valence-electron chi connectivity index (χ3n) is 3.68. The zero-order valence-corrected chi connectivity index (χ0v) is 15.6. The first-order valence-corrected chi connectivity index (χ1v) is 9.25. The number of esters is 1. The van der Waals surface area contributed by atoms with Crippen LogP contribution in [0, 0.1) is 0 Å². The number of halogens is 1. The number of carbonyl (C=O) groups is 1. The number of carbonyl (C=O) groups excluding carboxylic acids is 1. The summed E-state index contributed by atoms with van der Waals surface area (Å²) in [5.41, 5.74) is 0.594. The summed E-state index contributed by atoms with van der Waals surface area (Å²) in [6.07, 6.45) is 0. The minimum atomic E-state index is -0.279. The third-order valence-corrected chi connectivity index (χ3v) is 5.02. The lowest BCUT2D eigenvalue weighted by molar-refractivity contribution is 0.0462. The highest BCUT2D eigenvalue weighted by molar-refractivity contribution is 7.99. The summed E-state index contributed by atoms with van der Waals surface area (Å²) in [6.45, 7) is 7.27. The van der Waals surface area contributed by atoms with E-state index in [1.54, 1.807) is 6.07 Å². The van der Waals surface area contributed by atoms with E-state index in [1.165, 1.54) is 11.8 Å². The molecule has 3 nitrogen and oxygen atoms in total. The molecule has 0 amide bonds. The molecule has 0 unspecified atom stereocenters. The number of nitrogens with zero attached hydrogens (tertiary/aromatic N) is 1. The van der Waals surface area contributed by atoms with E-state index in [-0.39, 0.29) is 5.97 Å². The van der Waals surface area contributed by atoms with Crippen LogP contribution in [0.15, 0.2) is 58.3 Å². The van der Waals surface area contributed by atoms with Gasteiger partial charge in [0.25, 0.3) is 0 Å². The van der Waals surface area contributed by atoms with Crippen LogP contribution in [-0.2, 0) is 4.74 Å². The minimum absolute atomic E-state index is 0.279. The van der Waals surface area contributed by atoms with Crippen LogP contribution in [0.25, 0.3) is 0 Å². The van der Waals surface area contributed by atoms with E-state index < -0.39 is 0 Å². The standard InChI is InChI=1S/C19H22ClNO2S/c1-3-21(4-2)13-14-23-19(22)17-7-5-6-8-18(17)24-16-11-9-15(20)10-12-16/h5-12H,3-4,13-14H2,1-2H3. The summed E-state index contributed by atoms with van der Waals surface area (Å²) in [4.78, 5) is 16.5. The topological polar surface area (TPSA) is 29.5 Å². The lowest BCUT2D eigenvalue weighted by Crippen LogP contribution is -2.28. The highest BCUT2D eigenvalue weighted by Gasteiger charge is 2.13. The van der Waals surface area contributed by atoms with Gasteiger partial charge >= 0.3 is 5.97 Å². The van der Waals surface area contributed by atoms with Crippen LogP contribution in [0.1, 0.15) is 24.2 Å². The van der Waals surface area contributed by atoms with Crippen molar-refractivity contribution in [3.63, 3.8) is 0 Å². The summed E-state index contributed by atoms with van der Waals surface area (Å²) in [5.74, 6) is -0.279. The average Bonchev–Trinajstić information content (AvgIpc) is 2.61. The van der Waals surface area contributed by atoms with Crippen molar-refractivity contribution in [2.45, 2.75) is 23.6 Å². The summed E-state index contributed by atoms with van der Waals surface area (Å²) >= 11 is 7.45. The van der Waals surface area contributed by atoms with E-state index in [4.69, 9.17) is 16.3 Å². The Labute approximate surface area is 153 Å². The van der Waals surface area contributed by atoms with Gasteiger partial charge in [-0.15, -0.1) is 0 Å². The summed E-state index contributed by atoms with van der Waals surface area (Å²) in [5, 5.41) is 0.698. The van der Waals surface area contributed by atoms with Crippen LogP contribution in [0.4, 0.5) is 0 Å². The quantitative estimate of drug-likeness (QED) is 0.618. The largest absolute Gasteiger partial charge is 0.461 e. The molecule has 0 bridgehead atoms. The zero-order valence-electron chi connectivity index (χ0n) is 14.0. The van der Waals surface area contributed by atoms with Crippen LogP contribution >= 0.6 is 23.4 Å². The van der Waals surface area contributed by atoms with Gasteiger partial charge in [0.1, 0.15) is 6.61 Å². The van der Waals surface area contributed by atoms with E-state index in [2.05, 4.69) is 18.7 Å². The van der Waals surface area contributed by atoms with Crippen molar-refractivity contribution < 1.29 is 9.53 Å². The second-order valence-electron chi connectivity index (χ2n) is 5.21. The van der Waals surface area contributed by atoms with Crippen molar-refractivity contribution in [1.29, 1.82) is 0 Å². The van der Waals surface area contributed by atoms with Crippen molar-refractivity contribution in [2.75, 3.05) is 26.2 Å². The number of ether oxygens (including phenoxy) is 1. The molecular formula is C19H22ClNO2S. The number of hydrogen-bond acceptors (Lipinski definition) is 4. The minimum Gasteiger partial charge on any atom is -0.461 e. The zero-order chi connectivity index (χ0) is 17.4. The monoisotopic (exact) mass is 363 g/mol. The van der Waals surface area contributed by atoms with Gasteiger partial charge in [-0.2, -0.15) is 0 Å². The van der Waals surface area contributed by atoms with Gasteiger partial charge in [0.2, 0.25) is 0 Å². The molecule has 0 fully saturated rings. The predicted molar refractivity (Wildman–Crippen MR) is 100 cm³/mol. The maximum atomic E-state index is 12.4. The molecule has 0 aliphatic carbocycles. The Hall–Kier alpha value is -1.49. The van der Waals surface area contributed by atoms with Crippen LogP contribution in [0.5, 0.6) is 0 Å². The van der Waals surface area contributed by atoms with Crippen LogP contribution in [0.3, 0.4) is 0 Å². The van der Waals surface area contributed by atoms with Crippen LogP contribution < -0.4 is 0 Å². The first-order valence-electron chi connectivity index (χ1n) is 8.06. The fourth-order valence-corrected chi connectivity index (χ4v) is 3.30. The number of rotatable bonds is 8. The van der Waals surface area contributed by atoms with Crippen LogP contribution in [0.2, 0.25) is 5.02 Å². The molecule has 0 N–H and O–H groups in total. The van der Waals surface area contributed by atoms with Gasteiger partial charge in [0.15, 0.2) is 0 Å². The van der Waals surface area contributed by atoms with Crippen molar-refractivity contribution in [2.24, 2.45) is 0 Å². The normalized spacial score (nSPS) is 10.8. The molecule has 2 aromatic rings. The van der Waals surface area contributed by atoms with Crippen molar-refractivity contribution in [3.8, 4) is 0 Å². The molecule has 0 aromatic heterocycles. The first kappa shape index (κ1) is 18.8. The predicted octanol–water partition coefficient (Wildman–Crippen LogP) is 4.99. The molecule has 0 spiro atoms. The molecule has 0 atom stereocenters. The summed E-state index contributed by atoms with van der Waals surface area (Å²) in [6, 6.07) is 15.1. The second kappa shape index (κ2) is 9.72. The van der Waals surface area contributed by atoms with E-state index in [9.17, 15) is 4.79 Å². The Balaban J connectivity index is 2.02. The van der Waals surface area contributed by atoms with Gasteiger partial charge in [-0.3, -0.25) is 0 Å². The summed E-state index contributed by atoms with van der Waals surface area (Å²) in [7, 11) is 0. The maximum Gasteiger partial charge on any atom is 0.339 e. The molecular weight excluding hydrogens is 342 g/mol. The molecule has 128 valence electrons. The third kappa shape index (κ3) is 5.55. The van der Waals surface area contributed by atoms with Crippen molar-refractivity contribution in [1.82, 2.24) is 4.90 Å². The Morgan fingerprint density at radius 1 is 1.08 bits per heavy atom. The molecule has 5 heteroatoms. The van der Waals surface area contributed by atoms with E-state index in [0.29, 0.717) is 17.2 Å². The van der Waals surface area contributed by atoms with Crippen molar-refractivity contribution >= 4 is 29.3 Å². The van der Waals surface area contributed by atoms with E-state index >= 15 is 0 Å². The molecule has 0 saturated heterocycles. The molecule has 0 aliphatic rings. The Bertz CT molecular complexity index is 657. The van der Waals surface area contributed by atoms with Gasteiger partial charge in [0.05, 0.1) is 5.56 Å². The Kier molecular flexibility index (Phi) is 7.63. The number of benzene rings is 2. The second-order valence-corrected chi connectivity index (χ2v) is 6.77. The van der Waals surface area contributed by atoms with Gasteiger partial charge in [-0.05, 0) is 49.5 Å². The number of likely N-dealkylation sites (N-methyl/N-ethyl adjacent to an activating group) is 1. The summed E-state index contributed by atoms with van der Waals surface area (Å²) < 4.78 is 5.44. The van der Waals surface area contributed by atoms with Gasteiger partial charge in [-0.25, -0.2) is 4.79 Å². The Morgan fingerprint density at radius 3 is 2.42 bits per heavy atom.